The molecular formula is C12H11Br2N3. The van der Waals surface area contributed by atoms with Crippen molar-refractivity contribution in [1.29, 1.82) is 0 Å². The SMILES string of the molecule is Nc1c(Br)cnn1C1CCc2cc(Br)ccc21. The van der Waals surface area contributed by atoms with Crippen LogP contribution in [-0.4, -0.2) is 9.78 Å². The molecular weight excluding hydrogens is 346 g/mol. The molecule has 1 unspecified atom stereocenters. The monoisotopic (exact) mass is 355 g/mol. The lowest BCUT2D eigenvalue weighted by atomic mass is 10.1. The van der Waals surface area contributed by atoms with E-state index in [0.29, 0.717) is 5.82 Å². The molecule has 2 N–H and O–H groups in total. The van der Waals surface area contributed by atoms with Crippen LogP contribution in [0.2, 0.25) is 0 Å². The molecule has 0 spiro atoms. The summed E-state index contributed by atoms with van der Waals surface area (Å²) in [4.78, 5) is 0. The van der Waals surface area contributed by atoms with Gasteiger partial charge in [-0.25, -0.2) is 4.68 Å². The fourth-order valence-electron chi connectivity index (χ4n) is 2.42. The van der Waals surface area contributed by atoms with Gasteiger partial charge in [0, 0.05) is 4.47 Å². The maximum absolute atomic E-state index is 6.01. The number of benzene rings is 1. The summed E-state index contributed by atoms with van der Waals surface area (Å²) < 4.78 is 3.90. The summed E-state index contributed by atoms with van der Waals surface area (Å²) in [5.74, 6) is 0.700. The predicted octanol–water partition coefficient (Wildman–Crippen LogP) is 3.53. The Hall–Kier alpha value is -0.810. The van der Waals surface area contributed by atoms with Crippen molar-refractivity contribution in [3.05, 3.63) is 44.5 Å². The van der Waals surface area contributed by atoms with Crippen LogP contribution in [0.4, 0.5) is 5.82 Å². The van der Waals surface area contributed by atoms with Gasteiger partial charge < -0.3 is 5.73 Å². The number of hydrogen-bond donors (Lipinski definition) is 1. The molecule has 0 fully saturated rings. The highest BCUT2D eigenvalue weighted by atomic mass is 79.9. The molecule has 3 nitrogen and oxygen atoms in total. The van der Waals surface area contributed by atoms with Crippen molar-refractivity contribution >= 4 is 37.7 Å². The van der Waals surface area contributed by atoms with Gasteiger partial charge in [0.25, 0.3) is 0 Å². The van der Waals surface area contributed by atoms with Crippen LogP contribution in [0, 0.1) is 0 Å². The van der Waals surface area contributed by atoms with E-state index in [4.69, 9.17) is 5.73 Å². The van der Waals surface area contributed by atoms with Crippen LogP contribution in [0.5, 0.6) is 0 Å². The number of hydrogen-bond acceptors (Lipinski definition) is 2. The van der Waals surface area contributed by atoms with Crippen molar-refractivity contribution in [3.63, 3.8) is 0 Å². The van der Waals surface area contributed by atoms with Crippen molar-refractivity contribution in [3.8, 4) is 0 Å². The molecule has 0 bridgehead atoms. The van der Waals surface area contributed by atoms with E-state index in [2.05, 4.69) is 55.2 Å². The molecule has 1 heterocycles. The summed E-state index contributed by atoms with van der Waals surface area (Å²) in [7, 11) is 0. The highest BCUT2D eigenvalue weighted by molar-refractivity contribution is 9.10. The quantitative estimate of drug-likeness (QED) is 0.849. The minimum atomic E-state index is 0.268. The maximum Gasteiger partial charge on any atom is 0.136 e. The standard InChI is InChI=1S/C12H11Br2N3/c13-8-2-3-9-7(5-8)1-4-11(9)17-12(15)10(14)6-16-17/h2-3,5-6,11H,1,4,15H2. The Morgan fingerprint density at radius 2 is 2.18 bits per heavy atom. The van der Waals surface area contributed by atoms with Gasteiger partial charge in [0.15, 0.2) is 0 Å². The minimum Gasteiger partial charge on any atom is -0.383 e. The van der Waals surface area contributed by atoms with Gasteiger partial charge in [-0.3, -0.25) is 0 Å². The first kappa shape index (κ1) is 11.3. The van der Waals surface area contributed by atoms with Gasteiger partial charge in [0.2, 0.25) is 0 Å². The van der Waals surface area contributed by atoms with Crippen molar-refractivity contribution in [2.75, 3.05) is 5.73 Å². The Balaban J connectivity index is 2.07. The lowest BCUT2D eigenvalue weighted by Gasteiger charge is -2.14. The van der Waals surface area contributed by atoms with Gasteiger partial charge >= 0.3 is 0 Å². The molecule has 1 atom stereocenters. The van der Waals surface area contributed by atoms with E-state index in [9.17, 15) is 0 Å². The third kappa shape index (κ3) is 1.81. The highest BCUT2D eigenvalue weighted by Gasteiger charge is 2.26. The van der Waals surface area contributed by atoms with Gasteiger partial charge in [-0.1, -0.05) is 22.0 Å². The van der Waals surface area contributed by atoms with E-state index in [1.807, 2.05) is 4.68 Å². The normalized spacial score (nSPS) is 18.4. The zero-order chi connectivity index (χ0) is 12.0. The van der Waals surface area contributed by atoms with E-state index in [1.54, 1.807) is 6.20 Å². The van der Waals surface area contributed by atoms with Crippen LogP contribution >= 0.6 is 31.9 Å². The number of nitrogens with two attached hydrogens (primary N) is 1. The average molecular weight is 357 g/mol. The molecule has 0 amide bonds. The second kappa shape index (κ2) is 4.14. The molecule has 1 aliphatic rings. The van der Waals surface area contributed by atoms with Gasteiger partial charge in [-0.2, -0.15) is 5.10 Å². The lowest BCUT2D eigenvalue weighted by Crippen LogP contribution is -2.11. The van der Waals surface area contributed by atoms with Gasteiger partial charge in [0.05, 0.1) is 16.7 Å². The molecule has 17 heavy (non-hydrogen) atoms. The van der Waals surface area contributed by atoms with Crippen LogP contribution in [0.1, 0.15) is 23.6 Å². The molecule has 88 valence electrons. The second-order valence-corrected chi connectivity index (χ2v) is 5.99. The van der Waals surface area contributed by atoms with Crippen molar-refractivity contribution in [1.82, 2.24) is 9.78 Å². The Morgan fingerprint density at radius 3 is 2.88 bits per heavy atom. The Labute approximate surface area is 116 Å². The zero-order valence-electron chi connectivity index (χ0n) is 9.03. The highest BCUT2D eigenvalue weighted by Crippen LogP contribution is 2.37. The molecule has 0 radical (unpaired) electrons. The molecule has 2 aromatic rings. The molecule has 0 saturated heterocycles. The fraction of sp³-hybridized carbons (Fsp3) is 0.250. The Bertz CT molecular complexity index is 577. The largest absolute Gasteiger partial charge is 0.383 e. The van der Waals surface area contributed by atoms with E-state index in [-0.39, 0.29) is 6.04 Å². The number of halogens is 2. The lowest BCUT2D eigenvalue weighted by molar-refractivity contribution is 0.527. The number of anilines is 1. The van der Waals surface area contributed by atoms with Gasteiger partial charge in [0.1, 0.15) is 5.82 Å². The van der Waals surface area contributed by atoms with E-state index < -0.39 is 0 Å². The smallest absolute Gasteiger partial charge is 0.136 e. The van der Waals surface area contributed by atoms with Gasteiger partial charge in [-0.05, 0) is 52.0 Å². The molecule has 1 aromatic carbocycles. The summed E-state index contributed by atoms with van der Waals surface area (Å²) in [6, 6.07) is 6.69. The number of fused-ring (bicyclic) bond motifs is 1. The van der Waals surface area contributed by atoms with Crippen LogP contribution in [0.25, 0.3) is 0 Å². The summed E-state index contributed by atoms with van der Waals surface area (Å²) in [6.07, 6.45) is 3.90. The minimum absolute atomic E-state index is 0.268. The predicted molar refractivity (Wildman–Crippen MR) is 74.9 cm³/mol. The Kier molecular flexibility index (Phi) is 2.75. The molecule has 1 aliphatic carbocycles. The van der Waals surface area contributed by atoms with Gasteiger partial charge in [-0.15, -0.1) is 0 Å². The van der Waals surface area contributed by atoms with E-state index in [1.165, 1.54) is 11.1 Å². The van der Waals surface area contributed by atoms with Crippen LogP contribution in [0.3, 0.4) is 0 Å². The van der Waals surface area contributed by atoms with Crippen molar-refractivity contribution < 1.29 is 0 Å². The third-order valence-corrected chi connectivity index (χ3v) is 4.34. The topological polar surface area (TPSA) is 43.8 Å². The fourth-order valence-corrected chi connectivity index (χ4v) is 3.10. The third-order valence-electron chi connectivity index (χ3n) is 3.23. The molecule has 1 aromatic heterocycles. The van der Waals surface area contributed by atoms with Crippen LogP contribution < -0.4 is 5.73 Å². The van der Waals surface area contributed by atoms with Crippen molar-refractivity contribution in [2.45, 2.75) is 18.9 Å². The molecule has 5 heteroatoms. The first-order valence-electron chi connectivity index (χ1n) is 5.43. The number of nitrogen functional groups attached to an aromatic ring is 1. The zero-order valence-corrected chi connectivity index (χ0v) is 12.2. The molecule has 0 saturated carbocycles. The van der Waals surface area contributed by atoms with Crippen LogP contribution in [0.15, 0.2) is 33.3 Å². The van der Waals surface area contributed by atoms with Crippen LogP contribution in [-0.2, 0) is 6.42 Å². The van der Waals surface area contributed by atoms with E-state index in [0.717, 1.165) is 21.8 Å². The molecule has 0 aliphatic heterocycles. The first-order chi connectivity index (χ1) is 8.16. The summed E-state index contributed by atoms with van der Waals surface area (Å²) in [5, 5.41) is 4.35. The van der Waals surface area contributed by atoms with E-state index >= 15 is 0 Å². The summed E-state index contributed by atoms with van der Waals surface area (Å²) in [5.41, 5.74) is 8.73. The Morgan fingerprint density at radius 1 is 1.35 bits per heavy atom. The summed E-state index contributed by atoms with van der Waals surface area (Å²) >= 11 is 6.90. The van der Waals surface area contributed by atoms with Crippen molar-refractivity contribution in [2.24, 2.45) is 0 Å². The number of aromatic nitrogens is 2. The number of aryl methyl sites for hydroxylation is 1. The average Bonchev–Trinajstić information content (AvgIpc) is 2.84. The summed E-state index contributed by atoms with van der Waals surface area (Å²) in [6.45, 7) is 0. The molecule has 3 rings (SSSR count). The maximum atomic E-state index is 6.01. The second-order valence-electron chi connectivity index (χ2n) is 4.22. The first-order valence-corrected chi connectivity index (χ1v) is 7.02. The number of rotatable bonds is 1. The number of nitrogens with zero attached hydrogens (tertiary/aromatic N) is 2.